The molecule has 7 heteroatoms. The minimum Gasteiger partial charge on any atom is -0.422 e. The van der Waals surface area contributed by atoms with Crippen molar-refractivity contribution in [2.24, 2.45) is 0 Å². The molecule has 0 aliphatic rings. The van der Waals surface area contributed by atoms with Gasteiger partial charge in [-0.2, -0.15) is 0 Å². The van der Waals surface area contributed by atoms with Crippen LogP contribution in [0.3, 0.4) is 0 Å². The summed E-state index contributed by atoms with van der Waals surface area (Å²) in [5, 5.41) is 8.28. The molecular weight excluding hydrogens is 350 g/mol. The molecule has 0 aliphatic heterocycles. The Morgan fingerprint density at radius 1 is 1.00 bits per heavy atom. The second-order valence-corrected chi connectivity index (χ2v) is 6.33. The number of anilines is 2. The summed E-state index contributed by atoms with van der Waals surface area (Å²) in [5.74, 6) is 0. The van der Waals surface area contributed by atoms with Gasteiger partial charge in [0.2, 0.25) is 0 Å². The predicted molar refractivity (Wildman–Crippen MR) is 103 cm³/mol. The molecular formula is C19H13N3O3S. The predicted octanol–water partition coefficient (Wildman–Crippen LogP) is 4.56. The number of nitrogens with zero attached hydrogens (tertiary/aromatic N) is 1. The molecule has 0 unspecified atom stereocenters. The number of nitrogens with one attached hydrogen (secondary N) is 2. The molecule has 2 aromatic heterocycles. The van der Waals surface area contributed by atoms with E-state index in [-0.39, 0.29) is 0 Å². The fourth-order valence-electron chi connectivity index (χ4n) is 2.48. The summed E-state index contributed by atoms with van der Waals surface area (Å²) in [5.41, 5.74) is 1.56. The first kappa shape index (κ1) is 16.0. The second kappa shape index (κ2) is 6.81. The molecule has 6 nitrogen and oxygen atoms in total. The monoisotopic (exact) mass is 363 g/mol. The summed E-state index contributed by atoms with van der Waals surface area (Å²) in [6.45, 7) is 0. The molecule has 0 saturated heterocycles. The molecule has 0 bridgehead atoms. The van der Waals surface area contributed by atoms with Gasteiger partial charge in [-0.1, -0.05) is 36.4 Å². The molecule has 4 aromatic rings. The van der Waals surface area contributed by atoms with E-state index in [1.807, 2.05) is 30.3 Å². The zero-order valence-electron chi connectivity index (χ0n) is 13.4. The van der Waals surface area contributed by atoms with E-state index in [1.54, 1.807) is 35.7 Å². The SMILES string of the molecule is O=C(Nc1ccccc1)Nc1nc(-c2cc3ccccc3oc2=O)cs1. The number of hydrogen-bond acceptors (Lipinski definition) is 5. The summed E-state index contributed by atoms with van der Waals surface area (Å²) < 4.78 is 5.33. The van der Waals surface area contributed by atoms with E-state index in [1.165, 1.54) is 11.3 Å². The van der Waals surface area contributed by atoms with Gasteiger partial charge < -0.3 is 9.73 Å². The Balaban J connectivity index is 1.55. The van der Waals surface area contributed by atoms with Crippen LogP contribution in [-0.4, -0.2) is 11.0 Å². The molecule has 128 valence electrons. The van der Waals surface area contributed by atoms with Crippen LogP contribution in [0.15, 0.2) is 75.3 Å². The highest BCUT2D eigenvalue weighted by Crippen LogP contribution is 2.25. The number of amides is 2. The molecule has 26 heavy (non-hydrogen) atoms. The number of hydrogen-bond donors (Lipinski definition) is 2. The molecule has 0 fully saturated rings. The number of para-hydroxylation sites is 2. The van der Waals surface area contributed by atoms with Crippen LogP contribution in [0.2, 0.25) is 0 Å². The molecule has 2 amide bonds. The summed E-state index contributed by atoms with van der Waals surface area (Å²) >= 11 is 1.23. The lowest BCUT2D eigenvalue weighted by Crippen LogP contribution is -2.19. The zero-order chi connectivity index (χ0) is 17.9. The smallest absolute Gasteiger partial charge is 0.345 e. The van der Waals surface area contributed by atoms with Gasteiger partial charge in [0, 0.05) is 16.5 Å². The van der Waals surface area contributed by atoms with Crippen molar-refractivity contribution >= 4 is 39.2 Å². The summed E-state index contributed by atoms with van der Waals surface area (Å²) in [4.78, 5) is 28.6. The second-order valence-electron chi connectivity index (χ2n) is 5.47. The Morgan fingerprint density at radius 3 is 2.62 bits per heavy atom. The summed E-state index contributed by atoms with van der Waals surface area (Å²) in [7, 11) is 0. The van der Waals surface area contributed by atoms with Crippen LogP contribution in [-0.2, 0) is 0 Å². The van der Waals surface area contributed by atoms with Crippen molar-refractivity contribution in [1.82, 2.24) is 4.98 Å². The molecule has 0 radical (unpaired) electrons. The Labute approximate surface area is 152 Å². The first-order valence-corrected chi connectivity index (χ1v) is 8.69. The fraction of sp³-hybridized carbons (Fsp3) is 0. The van der Waals surface area contributed by atoms with E-state index >= 15 is 0 Å². The number of fused-ring (bicyclic) bond motifs is 1. The largest absolute Gasteiger partial charge is 0.422 e. The van der Waals surface area contributed by atoms with Crippen LogP contribution in [0.1, 0.15) is 0 Å². The Hall–Kier alpha value is -3.45. The van der Waals surface area contributed by atoms with Crippen LogP contribution >= 0.6 is 11.3 Å². The highest BCUT2D eigenvalue weighted by molar-refractivity contribution is 7.14. The lowest BCUT2D eigenvalue weighted by Gasteiger charge is -2.04. The highest BCUT2D eigenvalue weighted by atomic mass is 32.1. The third-order valence-electron chi connectivity index (χ3n) is 3.67. The van der Waals surface area contributed by atoms with Gasteiger partial charge >= 0.3 is 11.7 Å². The summed E-state index contributed by atoms with van der Waals surface area (Å²) in [6, 6.07) is 17.7. The molecule has 2 heterocycles. The zero-order valence-corrected chi connectivity index (χ0v) is 14.2. The summed E-state index contributed by atoms with van der Waals surface area (Å²) in [6.07, 6.45) is 0. The van der Waals surface area contributed by atoms with Crippen LogP contribution < -0.4 is 16.3 Å². The third-order valence-corrected chi connectivity index (χ3v) is 4.43. The van der Waals surface area contributed by atoms with Gasteiger partial charge in [0.05, 0.1) is 11.3 Å². The van der Waals surface area contributed by atoms with E-state index in [2.05, 4.69) is 15.6 Å². The van der Waals surface area contributed by atoms with Gasteiger partial charge in [0.15, 0.2) is 5.13 Å². The molecule has 0 aliphatic carbocycles. The van der Waals surface area contributed by atoms with Gasteiger partial charge in [0.25, 0.3) is 0 Å². The van der Waals surface area contributed by atoms with Crippen molar-refractivity contribution in [3.8, 4) is 11.3 Å². The van der Waals surface area contributed by atoms with Crippen LogP contribution in [0.25, 0.3) is 22.2 Å². The van der Waals surface area contributed by atoms with Crippen LogP contribution in [0, 0.1) is 0 Å². The number of carbonyl (C=O) groups excluding carboxylic acids is 1. The normalized spacial score (nSPS) is 10.6. The number of carbonyl (C=O) groups is 1. The van der Waals surface area contributed by atoms with Gasteiger partial charge in [-0.3, -0.25) is 5.32 Å². The number of rotatable bonds is 3. The average molecular weight is 363 g/mol. The highest BCUT2D eigenvalue weighted by Gasteiger charge is 2.13. The minimum atomic E-state index is -0.464. The van der Waals surface area contributed by atoms with Crippen molar-refractivity contribution in [1.29, 1.82) is 0 Å². The van der Waals surface area contributed by atoms with E-state index in [0.29, 0.717) is 27.7 Å². The maximum Gasteiger partial charge on any atom is 0.345 e. The number of aromatic nitrogens is 1. The molecule has 0 atom stereocenters. The average Bonchev–Trinajstić information content (AvgIpc) is 3.10. The molecule has 0 spiro atoms. The molecule has 0 saturated carbocycles. The Kier molecular flexibility index (Phi) is 4.20. The van der Waals surface area contributed by atoms with Crippen molar-refractivity contribution in [2.75, 3.05) is 10.6 Å². The Morgan fingerprint density at radius 2 is 1.77 bits per heavy atom. The van der Waals surface area contributed by atoms with Crippen LogP contribution in [0.4, 0.5) is 15.6 Å². The third kappa shape index (κ3) is 3.33. The lowest BCUT2D eigenvalue weighted by atomic mass is 10.1. The fourth-order valence-corrected chi connectivity index (χ4v) is 3.18. The maximum absolute atomic E-state index is 12.2. The maximum atomic E-state index is 12.2. The van der Waals surface area contributed by atoms with Crippen molar-refractivity contribution in [3.05, 3.63) is 76.5 Å². The van der Waals surface area contributed by atoms with Gasteiger partial charge in [-0.05, 0) is 24.3 Å². The molecule has 2 aromatic carbocycles. The molecule has 2 N–H and O–H groups in total. The van der Waals surface area contributed by atoms with E-state index in [4.69, 9.17) is 4.42 Å². The Bertz CT molecular complexity index is 1140. The number of benzene rings is 2. The van der Waals surface area contributed by atoms with Crippen molar-refractivity contribution in [2.45, 2.75) is 0 Å². The van der Waals surface area contributed by atoms with E-state index < -0.39 is 11.7 Å². The minimum absolute atomic E-state index is 0.358. The van der Waals surface area contributed by atoms with Gasteiger partial charge in [0.1, 0.15) is 5.58 Å². The lowest BCUT2D eigenvalue weighted by molar-refractivity contribution is 0.262. The van der Waals surface area contributed by atoms with Crippen molar-refractivity contribution < 1.29 is 9.21 Å². The number of urea groups is 1. The quantitative estimate of drug-likeness (QED) is 0.523. The molecule has 4 rings (SSSR count). The number of thiazole rings is 1. The van der Waals surface area contributed by atoms with Gasteiger partial charge in [-0.25, -0.2) is 14.6 Å². The topological polar surface area (TPSA) is 84.2 Å². The standard InChI is InChI=1S/C19H13N3O3S/c23-17-14(10-12-6-4-5-9-16(12)25-17)15-11-26-19(21-15)22-18(24)20-13-7-2-1-3-8-13/h1-11H,(H2,20,21,22,24). The van der Waals surface area contributed by atoms with E-state index in [9.17, 15) is 9.59 Å². The van der Waals surface area contributed by atoms with E-state index in [0.717, 1.165) is 5.39 Å². The van der Waals surface area contributed by atoms with Gasteiger partial charge in [-0.15, -0.1) is 11.3 Å². The first-order chi connectivity index (χ1) is 12.7. The first-order valence-electron chi connectivity index (χ1n) is 7.81. The van der Waals surface area contributed by atoms with Crippen molar-refractivity contribution in [3.63, 3.8) is 0 Å². The van der Waals surface area contributed by atoms with Crippen LogP contribution in [0.5, 0.6) is 0 Å².